The molecule has 3 amide bonds. The van der Waals surface area contributed by atoms with Crippen LogP contribution in [0.15, 0.2) is 77.0 Å². The Bertz CT molecular complexity index is 1000. The van der Waals surface area contributed by atoms with E-state index in [0.29, 0.717) is 16.3 Å². The Kier molecular flexibility index (Phi) is 5.27. The first-order chi connectivity index (χ1) is 13.6. The molecule has 1 aliphatic heterocycles. The number of imide groups is 1. The van der Waals surface area contributed by atoms with E-state index in [1.54, 1.807) is 42.5 Å². The van der Waals surface area contributed by atoms with Crippen LogP contribution in [0.2, 0.25) is 0 Å². The second-order valence-corrected chi connectivity index (χ2v) is 8.39. The first-order valence-corrected chi connectivity index (χ1v) is 10.4. The van der Waals surface area contributed by atoms with Gasteiger partial charge in [0.25, 0.3) is 5.91 Å². The number of carbonyl (C=O) groups is 3. The second-order valence-electron chi connectivity index (χ2n) is 6.17. The monoisotopic (exact) mass is 408 g/mol. The number of nitrogens with zero attached hydrogens (tertiary/aromatic N) is 1. The smallest absolute Gasteiger partial charge is 0.265 e. The van der Waals surface area contributed by atoms with Gasteiger partial charge < -0.3 is 5.32 Å². The molecular formula is C21H16N2O3S2. The molecule has 140 valence electrons. The summed E-state index contributed by atoms with van der Waals surface area (Å²) in [5.74, 6) is -0.532. The van der Waals surface area contributed by atoms with Crippen molar-refractivity contribution >= 4 is 52.2 Å². The minimum Gasteiger partial charge on any atom is -0.321 e. The Balaban J connectivity index is 1.41. The SMILES string of the molecule is O=C(Nc1ccc(SC2CC(=O)N(c3ccccc3)C2=O)cc1)c1cccs1. The average molecular weight is 409 g/mol. The lowest BCUT2D eigenvalue weighted by Crippen LogP contribution is -2.30. The molecule has 28 heavy (non-hydrogen) atoms. The van der Waals surface area contributed by atoms with Crippen molar-refractivity contribution in [2.75, 3.05) is 10.2 Å². The zero-order valence-electron chi connectivity index (χ0n) is 14.7. The second kappa shape index (κ2) is 8.00. The van der Waals surface area contributed by atoms with Gasteiger partial charge in [-0.05, 0) is 47.8 Å². The third-order valence-corrected chi connectivity index (χ3v) is 6.32. The van der Waals surface area contributed by atoms with Crippen LogP contribution in [0.1, 0.15) is 16.1 Å². The summed E-state index contributed by atoms with van der Waals surface area (Å²) in [6, 6.07) is 19.9. The van der Waals surface area contributed by atoms with Gasteiger partial charge in [0.2, 0.25) is 11.8 Å². The third-order valence-electron chi connectivity index (χ3n) is 4.26. The van der Waals surface area contributed by atoms with Crippen molar-refractivity contribution < 1.29 is 14.4 Å². The number of thiophene rings is 1. The summed E-state index contributed by atoms with van der Waals surface area (Å²) >= 11 is 2.75. The van der Waals surface area contributed by atoms with Crippen molar-refractivity contribution in [1.29, 1.82) is 0 Å². The van der Waals surface area contributed by atoms with E-state index in [0.717, 1.165) is 4.90 Å². The average Bonchev–Trinajstić information content (AvgIpc) is 3.33. The van der Waals surface area contributed by atoms with Gasteiger partial charge in [0.1, 0.15) is 0 Å². The topological polar surface area (TPSA) is 66.5 Å². The fraction of sp³-hybridized carbons (Fsp3) is 0.0952. The standard InChI is InChI=1S/C21H16N2O3S2/c24-19-13-18(21(26)23(19)15-5-2-1-3-6-15)28-16-10-8-14(9-11-16)22-20(25)17-7-4-12-27-17/h1-12,18H,13H2,(H,22,25). The van der Waals surface area contributed by atoms with Crippen LogP contribution in [0.4, 0.5) is 11.4 Å². The van der Waals surface area contributed by atoms with E-state index in [9.17, 15) is 14.4 Å². The van der Waals surface area contributed by atoms with E-state index in [-0.39, 0.29) is 24.1 Å². The van der Waals surface area contributed by atoms with Crippen molar-refractivity contribution in [1.82, 2.24) is 0 Å². The molecule has 1 N–H and O–H groups in total. The summed E-state index contributed by atoms with van der Waals surface area (Å²) in [6.45, 7) is 0. The number of hydrogen-bond donors (Lipinski definition) is 1. The van der Waals surface area contributed by atoms with Crippen molar-refractivity contribution in [3.8, 4) is 0 Å². The summed E-state index contributed by atoms with van der Waals surface area (Å²) in [4.78, 5) is 39.9. The molecule has 4 rings (SSSR count). The number of rotatable bonds is 5. The van der Waals surface area contributed by atoms with E-state index in [4.69, 9.17) is 0 Å². The molecule has 0 saturated carbocycles. The Morgan fingerprint density at radius 1 is 1.00 bits per heavy atom. The van der Waals surface area contributed by atoms with Gasteiger partial charge in [-0.2, -0.15) is 0 Å². The van der Waals surface area contributed by atoms with Gasteiger partial charge in [0.05, 0.1) is 15.8 Å². The summed E-state index contributed by atoms with van der Waals surface area (Å²) in [5.41, 5.74) is 1.29. The van der Waals surface area contributed by atoms with Crippen molar-refractivity contribution in [3.63, 3.8) is 0 Å². The lowest BCUT2D eigenvalue weighted by molar-refractivity contribution is -0.121. The zero-order chi connectivity index (χ0) is 19.5. The van der Waals surface area contributed by atoms with Crippen LogP contribution in [-0.2, 0) is 9.59 Å². The summed E-state index contributed by atoms with van der Waals surface area (Å²) in [7, 11) is 0. The minimum absolute atomic E-state index is 0.148. The maximum absolute atomic E-state index is 12.7. The highest BCUT2D eigenvalue weighted by atomic mass is 32.2. The highest BCUT2D eigenvalue weighted by Crippen LogP contribution is 2.34. The van der Waals surface area contributed by atoms with E-state index in [1.807, 2.05) is 29.6 Å². The summed E-state index contributed by atoms with van der Waals surface area (Å²) in [5, 5.41) is 4.25. The number of nitrogens with one attached hydrogen (secondary N) is 1. The van der Waals surface area contributed by atoms with Crippen molar-refractivity contribution in [2.45, 2.75) is 16.6 Å². The molecule has 1 aliphatic rings. The number of hydrogen-bond acceptors (Lipinski definition) is 5. The molecule has 3 aromatic rings. The molecule has 0 radical (unpaired) electrons. The maximum Gasteiger partial charge on any atom is 0.265 e. The first kappa shape index (κ1) is 18.5. The number of carbonyl (C=O) groups excluding carboxylic acids is 3. The number of amides is 3. The Morgan fingerprint density at radius 2 is 1.75 bits per heavy atom. The molecule has 1 aromatic heterocycles. The molecule has 2 heterocycles. The molecule has 1 atom stereocenters. The molecule has 0 spiro atoms. The van der Waals surface area contributed by atoms with E-state index in [1.165, 1.54) is 28.0 Å². The lowest BCUT2D eigenvalue weighted by Gasteiger charge is -2.14. The normalized spacial score (nSPS) is 16.4. The predicted octanol–water partition coefficient (Wildman–Crippen LogP) is 4.42. The fourth-order valence-electron chi connectivity index (χ4n) is 2.93. The largest absolute Gasteiger partial charge is 0.321 e. The van der Waals surface area contributed by atoms with E-state index in [2.05, 4.69) is 5.32 Å². The number of benzene rings is 2. The molecule has 1 fully saturated rings. The van der Waals surface area contributed by atoms with Gasteiger partial charge in [-0.1, -0.05) is 24.3 Å². The molecule has 0 aliphatic carbocycles. The molecular weight excluding hydrogens is 392 g/mol. The van der Waals surface area contributed by atoms with Crippen LogP contribution in [-0.4, -0.2) is 23.0 Å². The Labute approximate surface area is 170 Å². The van der Waals surface area contributed by atoms with Crippen LogP contribution in [0.25, 0.3) is 0 Å². The van der Waals surface area contributed by atoms with Gasteiger partial charge in [0, 0.05) is 17.0 Å². The minimum atomic E-state index is -0.445. The van der Waals surface area contributed by atoms with Crippen LogP contribution in [0.5, 0.6) is 0 Å². The van der Waals surface area contributed by atoms with Gasteiger partial charge >= 0.3 is 0 Å². The predicted molar refractivity (Wildman–Crippen MR) is 112 cm³/mol. The number of anilines is 2. The van der Waals surface area contributed by atoms with E-state index >= 15 is 0 Å². The summed E-state index contributed by atoms with van der Waals surface area (Å²) < 4.78 is 0. The molecule has 2 aromatic carbocycles. The molecule has 7 heteroatoms. The number of para-hydroxylation sites is 1. The number of thioether (sulfide) groups is 1. The quantitative estimate of drug-likeness (QED) is 0.635. The summed E-state index contributed by atoms with van der Waals surface area (Å²) in [6.07, 6.45) is 0.176. The van der Waals surface area contributed by atoms with Gasteiger partial charge in [-0.25, -0.2) is 4.90 Å². The van der Waals surface area contributed by atoms with Crippen molar-refractivity contribution in [3.05, 3.63) is 77.0 Å². The molecule has 1 unspecified atom stereocenters. The van der Waals surface area contributed by atoms with Crippen LogP contribution in [0, 0.1) is 0 Å². The van der Waals surface area contributed by atoms with Gasteiger partial charge in [-0.3, -0.25) is 14.4 Å². The van der Waals surface area contributed by atoms with Crippen LogP contribution >= 0.6 is 23.1 Å². The lowest BCUT2D eigenvalue weighted by atomic mass is 10.3. The molecule has 1 saturated heterocycles. The van der Waals surface area contributed by atoms with Crippen LogP contribution < -0.4 is 10.2 Å². The third kappa shape index (κ3) is 3.85. The highest BCUT2D eigenvalue weighted by Gasteiger charge is 2.40. The fourth-order valence-corrected chi connectivity index (χ4v) is 4.60. The highest BCUT2D eigenvalue weighted by molar-refractivity contribution is 8.00. The Morgan fingerprint density at radius 3 is 2.43 bits per heavy atom. The first-order valence-electron chi connectivity index (χ1n) is 8.65. The Hall–Kier alpha value is -2.90. The van der Waals surface area contributed by atoms with Crippen LogP contribution in [0.3, 0.4) is 0 Å². The zero-order valence-corrected chi connectivity index (χ0v) is 16.3. The van der Waals surface area contributed by atoms with E-state index < -0.39 is 5.25 Å². The maximum atomic E-state index is 12.7. The van der Waals surface area contributed by atoms with Crippen molar-refractivity contribution in [2.24, 2.45) is 0 Å². The molecule has 5 nitrogen and oxygen atoms in total. The van der Waals surface area contributed by atoms with Gasteiger partial charge in [-0.15, -0.1) is 23.1 Å². The van der Waals surface area contributed by atoms with Gasteiger partial charge in [0.15, 0.2) is 0 Å². The molecule has 0 bridgehead atoms.